The molecule has 1 aromatic carbocycles. The van der Waals surface area contributed by atoms with Crippen LogP contribution in [0.2, 0.25) is 0 Å². The molecule has 0 aliphatic heterocycles. The van der Waals surface area contributed by atoms with E-state index in [1.54, 1.807) is 30.5 Å². The molecular formula is C11H11N3O3. The smallest absolute Gasteiger partial charge is 0.337 e. The Hall–Kier alpha value is -2.21. The molecule has 6 heteroatoms. The van der Waals surface area contributed by atoms with Gasteiger partial charge in [-0.1, -0.05) is 5.21 Å². The highest BCUT2D eigenvalue weighted by Gasteiger charge is 2.06. The fourth-order valence-corrected chi connectivity index (χ4v) is 1.37. The molecule has 0 radical (unpaired) electrons. The standard InChI is InChI=1S/C11H11N3O3/c1-17-11(16)8-2-4-10(5-3-8)14-6-9(7-15)12-13-14/h2-6,15H,7H2,1H3. The highest BCUT2D eigenvalue weighted by atomic mass is 16.5. The van der Waals surface area contributed by atoms with Gasteiger partial charge in [0.05, 0.1) is 31.2 Å². The van der Waals surface area contributed by atoms with Crippen molar-refractivity contribution >= 4 is 5.97 Å². The molecule has 0 aliphatic rings. The van der Waals surface area contributed by atoms with E-state index in [-0.39, 0.29) is 12.6 Å². The van der Waals surface area contributed by atoms with Crippen molar-refractivity contribution in [1.82, 2.24) is 15.0 Å². The third-order valence-corrected chi connectivity index (χ3v) is 2.26. The molecule has 0 amide bonds. The van der Waals surface area contributed by atoms with Crippen molar-refractivity contribution < 1.29 is 14.6 Å². The summed E-state index contributed by atoms with van der Waals surface area (Å²) in [5.74, 6) is -0.383. The Kier molecular flexibility index (Phi) is 3.15. The van der Waals surface area contributed by atoms with Gasteiger partial charge in [-0.3, -0.25) is 0 Å². The first-order valence-electron chi connectivity index (χ1n) is 4.95. The fraction of sp³-hybridized carbons (Fsp3) is 0.182. The third kappa shape index (κ3) is 2.31. The van der Waals surface area contributed by atoms with Gasteiger partial charge in [0, 0.05) is 0 Å². The van der Waals surface area contributed by atoms with Crippen LogP contribution in [0.1, 0.15) is 16.1 Å². The first-order chi connectivity index (χ1) is 8.24. The van der Waals surface area contributed by atoms with E-state index in [0.717, 1.165) is 5.69 Å². The van der Waals surface area contributed by atoms with Crippen molar-refractivity contribution in [2.45, 2.75) is 6.61 Å². The van der Waals surface area contributed by atoms with Gasteiger partial charge < -0.3 is 9.84 Å². The largest absolute Gasteiger partial charge is 0.465 e. The molecule has 2 rings (SSSR count). The summed E-state index contributed by atoms with van der Waals surface area (Å²) >= 11 is 0. The summed E-state index contributed by atoms with van der Waals surface area (Å²) in [5, 5.41) is 16.5. The number of aliphatic hydroxyl groups excluding tert-OH is 1. The minimum absolute atomic E-state index is 0.153. The number of rotatable bonds is 3. The first kappa shape index (κ1) is 11.3. The quantitative estimate of drug-likeness (QED) is 0.783. The number of benzene rings is 1. The van der Waals surface area contributed by atoms with Crippen LogP contribution in [0.15, 0.2) is 30.5 Å². The van der Waals surface area contributed by atoms with Gasteiger partial charge in [0.15, 0.2) is 0 Å². The summed E-state index contributed by atoms with van der Waals surface area (Å²) in [5.41, 5.74) is 1.71. The Labute approximate surface area is 97.4 Å². The van der Waals surface area contributed by atoms with E-state index in [1.807, 2.05) is 0 Å². The maximum absolute atomic E-state index is 11.2. The maximum Gasteiger partial charge on any atom is 0.337 e. The SMILES string of the molecule is COC(=O)c1ccc(-n2cc(CO)nn2)cc1. The van der Waals surface area contributed by atoms with Crippen molar-refractivity contribution in [2.24, 2.45) is 0 Å². The van der Waals surface area contributed by atoms with Gasteiger partial charge in [0.25, 0.3) is 0 Å². The van der Waals surface area contributed by atoms with E-state index in [1.165, 1.54) is 11.8 Å². The van der Waals surface area contributed by atoms with Crippen LogP contribution < -0.4 is 0 Å². The first-order valence-corrected chi connectivity index (χ1v) is 4.95. The molecule has 1 aromatic heterocycles. The van der Waals surface area contributed by atoms with Gasteiger partial charge in [-0.25, -0.2) is 9.48 Å². The van der Waals surface area contributed by atoms with Crippen molar-refractivity contribution in [1.29, 1.82) is 0 Å². The zero-order chi connectivity index (χ0) is 12.3. The summed E-state index contributed by atoms with van der Waals surface area (Å²) < 4.78 is 6.12. The number of hydrogen-bond donors (Lipinski definition) is 1. The molecule has 0 atom stereocenters. The molecule has 0 fully saturated rings. The predicted octanol–water partition coefficient (Wildman–Crippen LogP) is 0.546. The highest BCUT2D eigenvalue weighted by molar-refractivity contribution is 5.89. The van der Waals surface area contributed by atoms with Crippen LogP contribution in [0.5, 0.6) is 0 Å². The molecule has 1 heterocycles. The Morgan fingerprint density at radius 2 is 2.12 bits per heavy atom. The fourth-order valence-electron chi connectivity index (χ4n) is 1.37. The lowest BCUT2D eigenvalue weighted by molar-refractivity contribution is 0.0601. The highest BCUT2D eigenvalue weighted by Crippen LogP contribution is 2.09. The number of carbonyl (C=O) groups excluding carboxylic acids is 1. The number of nitrogens with zero attached hydrogens (tertiary/aromatic N) is 3. The second-order valence-corrected chi connectivity index (χ2v) is 3.35. The number of esters is 1. The lowest BCUT2D eigenvalue weighted by Crippen LogP contribution is -2.02. The zero-order valence-corrected chi connectivity index (χ0v) is 9.20. The summed E-state index contributed by atoms with van der Waals surface area (Å²) in [4.78, 5) is 11.2. The summed E-state index contributed by atoms with van der Waals surface area (Å²) in [6.07, 6.45) is 1.62. The number of ether oxygens (including phenoxy) is 1. The van der Waals surface area contributed by atoms with Crippen LogP contribution in [0.4, 0.5) is 0 Å². The molecule has 2 aromatic rings. The van der Waals surface area contributed by atoms with Crippen LogP contribution in [0.25, 0.3) is 5.69 Å². The number of aliphatic hydroxyl groups is 1. The third-order valence-electron chi connectivity index (χ3n) is 2.26. The lowest BCUT2D eigenvalue weighted by Gasteiger charge is -2.01. The molecule has 0 bridgehead atoms. The van der Waals surface area contributed by atoms with E-state index in [4.69, 9.17) is 5.11 Å². The van der Waals surface area contributed by atoms with Crippen LogP contribution in [0.3, 0.4) is 0 Å². The number of carbonyl (C=O) groups is 1. The second-order valence-electron chi connectivity index (χ2n) is 3.35. The Balaban J connectivity index is 2.25. The molecule has 0 spiro atoms. The normalized spacial score (nSPS) is 10.2. The van der Waals surface area contributed by atoms with Gasteiger partial charge in [-0.2, -0.15) is 0 Å². The van der Waals surface area contributed by atoms with Gasteiger partial charge in [0.1, 0.15) is 5.69 Å². The van der Waals surface area contributed by atoms with Gasteiger partial charge in [0.2, 0.25) is 0 Å². The van der Waals surface area contributed by atoms with E-state index in [0.29, 0.717) is 11.3 Å². The molecule has 0 unspecified atom stereocenters. The Morgan fingerprint density at radius 1 is 1.41 bits per heavy atom. The van der Waals surface area contributed by atoms with E-state index < -0.39 is 0 Å². The van der Waals surface area contributed by atoms with Crippen molar-refractivity contribution in [3.63, 3.8) is 0 Å². The van der Waals surface area contributed by atoms with Crippen LogP contribution in [-0.4, -0.2) is 33.2 Å². The molecule has 0 saturated heterocycles. The van der Waals surface area contributed by atoms with Gasteiger partial charge in [-0.15, -0.1) is 5.10 Å². The number of aromatic nitrogens is 3. The molecule has 6 nitrogen and oxygen atoms in total. The van der Waals surface area contributed by atoms with Crippen molar-refractivity contribution in [2.75, 3.05) is 7.11 Å². The lowest BCUT2D eigenvalue weighted by atomic mass is 10.2. The molecule has 1 N–H and O–H groups in total. The van der Waals surface area contributed by atoms with Crippen LogP contribution in [0, 0.1) is 0 Å². The van der Waals surface area contributed by atoms with Crippen molar-refractivity contribution in [3.05, 3.63) is 41.7 Å². The number of methoxy groups -OCH3 is 1. The Bertz CT molecular complexity index is 519. The number of hydrogen-bond acceptors (Lipinski definition) is 5. The molecule has 0 aliphatic carbocycles. The van der Waals surface area contributed by atoms with Gasteiger partial charge >= 0.3 is 5.97 Å². The molecule has 0 saturated carbocycles. The van der Waals surface area contributed by atoms with Crippen LogP contribution in [-0.2, 0) is 11.3 Å². The minimum atomic E-state index is -0.383. The van der Waals surface area contributed by atoms with Crippen LogP contribution >= 0.6 is 0 Å². The van der Waals surface area contributed by atoms with Crippen molar-refractivity contribution in [3.8, 4) is 5.69 Å². The second kappa shape index (κ2) is 4.75. The summed E-state index contributed by atoms with van der Waals surface area (Å²) in [6, 6.07) is 6.73. The monoisotopic (exact) mass is 233 g/mol. The molecule has 88 valence electrons. The Morgan fingerprint density at radius 3 is 2.65 bits per heavy atom. The summed E-state index contributed by atoms with van der Waals surface area (Å²) in [6.45, 7) is -0.153. The summed E-state index contributed by atoms with van der Waals surface area (Å²) in [7, 11) is 1.33. The topological polar surface area (TPSA) is 77.2 Å². The minimum Gasteiger partial charge on any atom is -0.465 e. The molecule has 17 heavy (non-hydrogen) atoms. The average Bonchev–Trinajstić information content (AvgIpc) is 2.87. The van der Waals surface area contributed by atoms with Gasteiger partial charge in [-0.05, 0) is 24.3 Å². The maximum atomic E-state index is 11.2. The predicted molar refractivity (Wildman–Crippen MR) is 58.6 cm³/mol. The van der Waals surface area contributed by atoms with E-state index in [2.05, 4.69) is 15.0 Å². The zero-order valence-electron chi connectivity index (χ0n) is 9.20. The van der Waals surface area contributed by atoms with E-state index >= 15 is 0 Å². The van der Waals surface area contributed by atoms with E-state index in [9.17, 15) is 4.79 Å². The molecular weight excluding hydrogens is 222 g/mol. The average molecular weight is 233 g/mol.